The van der Waals surface area contributed by atoms with Crippen molar-refractivity contribution >= 4 is 35.1 Å². The number of ether oxygens (including phenoxy) is 1. The summed E-state index contributed by atoms with van der Waals surface area (Å²) < 4.78 is 4.95. The lowest BCUT2D eigenvalue weighted by Gasteiger charge is -2.23. The molecule has 2 aromatic rings. The summed E-state index contributed by atoms with van der Waals surface area (Å²) in [4.78, 5) is 26.1. The first kappa shape index (κ1) is 19.3. The summed E-state index contributed by atoms with van der Waals surface area (Å²) >= 11 is 12.1. The smallest absolute Gasteiger partial charge is 0.307 e. The Morgan fingerprint density at radius 3 is 2.44 bits per heavy atom. The summed E-state index contributed by atoms with van der Waals surface area (Å²) in [5, 5.41) is 0.745. The van der Waals surface area contributed by atoms with Crippen molar-refractivity contribution in [2.75, 3.05) is 13.2 Å². The molecule has 0 aromatic heterocycles. The highest BCUT2D eigenvalue weighted by Gasteiger charge is 2.20. The van der Waals surface area contributed by atoms with Gasteiger partial charge in [0.2, 0.25) is 0 Å². The van der Waals surface area contributed by atoms with Crippen LogP contribution in [0.15, 0.2) is 48.5 Å². The molecule has 0 bridgehead atoms. The van der Waals surface area contributed by atoms with E-state index in [9.17, 15) is 9.59 Å². The number of amides is 1. The van der Waals surface area contributed by atoms with Crippen LogP contribution in [-0.2, 0) is 16.1 Å². The molecule has 1 amide bonds. The molecular formula is C19H19Cl2NO3. The lowest BCUT2D eigenvalue weighted by molar-refractivity contribution is -0.143. The zero-order valence-electron chi connectivity index (χ0n) is 13.9. The Balaban J connectivity index is 2.19. The number of halogens is 2. The van der Waals surface area contributed by atoms with Crippen molar-refractivity contribution in [3.63, 3.8) is 0 Å². The standard InChI is InChI=1S/C19H19Cl2NO3/c1-2-25-18(23)10-11-22(13-14-6-4-3-5-7-14)19(24)16-9-8-15(20)12-17(16)21/h3-9,12H,2,10-11,13H2,1H3. The number of carbonyl (C=O) groups excluding carboxylic acids is 2. The Bertz CT molecular complexity index is 735. The molecule has 0 N–H and O–H groups in total. The van der Waals surface area contributed by atoms with Gasteiger partial charge in [0.15, 0.2) is 0 Å². The fourth-order valence-corrected chi connectivity index (χ4v) is 2.84. The summed E-state index contributed by atoms with van der Waals surface area (Å²) in [5.74, 6) is -0.592. The Labute approximate surface area is 157 Å². The minimum Gasteiger partial charge on any atom is -0.466 e. The van der Waals surface area contributed by atoms with Gasteiger partial charge in [0.05, 0.1) is 23.6 Å². The van der Waals surface area contributed by atoms with Crippen LogP contribution in [-0.4, -0.2) is 29.9 Å². The number of benzene rings is 2. The predicted octanol–water partition coefficient (Wildman–Crippen LogP) is 4.59. The molecule has 0 unspecified atom stereocenters. The van der Waals surface area contributed by atoms with Crippen molar-refractivity contribution in [2.45, 2.75) is 19.9 Å². The second-order valence-electron chi connectivity index (χ2n) is 5.39. The zero-order valence-corrected chi connectivity index (χ0v) is 15.4. The molecule has 132 valence electrons. The third-order valence-corrected chi connectivity index (χ3v) is 4.10. The first-order valence-corrected chi connectivity index (χ1v) is 8.70. The maximum absolute atomic E-state index is 12.9. The van der Waals surface area contributed by atoms with Gasteiger partial charge in [0, 0.05) is 18.1 Å². The van der Waals surface area contributed by atoms with Crippen molar-refractivity contribution in [3.8, 4) is 0 Å². The summed E-state index contributed by atoms with van der Waals surface area (Å²) in [5.41, 5.74) is 1.32. The highest BCUT2D eigenvalue weighted by Crippen LogP contribution is 2.23. The van der Waals surface area contributed by atoms with E-state index in [1.165, 1.54) is 6.07 Å². The molecule has 2 aromatic carbocycles. The minimum atomic E-state index is -0.337. The summed E-state index contributed by atoms with van der Waals surface area (Å²) in [6, 6.07) is 14.3. The summed E-state index contributed by atoms with van der Waals surface area (Å²) in [7, 11) is 0. The van der Waals surface area contributed by atoms with Crippen molar-refractivity contribution in [1.82, 2.24) is 4.90 Å². The Morgan fingerprint density at radius 1 is 1.08 bits per heavy atom. The van der Waals surface area contributed by atoms with Gasteiger partial charge in [-0.2, -0.15) is 0 Å². The molecule has 0 aliphatic rings. The number of esters is 1. The van der Waals surface area contributed by atoms with Gasteiger partial charge in [-0.3, -0.25) is 9.59 Å². The average Bonchev–Trinajstić information content (AvgIpc) is 2.59. The molecule has 0 aliphatic carbocycles. The topological polar surface area (TPSA) is 46.6 Å². The Kier molecular flexibility index (Phi) is 7.29. The van der Waals surface area contributed by atoms with Crippen molar-refractivity contribution in [3.05, 3.63) is 69.7 Å². The van der Waals surface area contributed by atoms with E-state index in [2.05, 4.69) is 0 Å². The van der Waals surface area contributed by atoms with E-state index in [0.29, 0.717) is 23.7 Å². The molecule has 2 rings (SSSR count). The van der Waals surface area contributed by atoms with Gasteiger partial charge in [-0.15, -0.1) is 0 Å². The lowest BCUT2D eigenvalue weighted by atomic mass is 10.1. The van der Waals surface area contributed by atoms with Crippen molar-refractivity contribution < 1.29 is 14.3 Å². The molecule has 0 atom stereocenters. The number of rotatable bonds is 7. The molecular weight excluding hydrogens is 361 g/mol. The van der Waals surface area contributed by atoms with Crippen LogP contribution in [0.3, 0.4) is 0 Å². The molecule has 0 aliphatic heterocycles. The second kappa shape index (κ2) is 9.44. The SMILES string of the molecule is CCOC(=O)CCN(Cc1ccccc1)C(=O)c1ccc(Cl)cc1Cl. The average molecular weight is 380 g/mol. The van der Waals surface area contributed by atoms with Gasteiger partial charge in [-0.05, 0) is 30.7 Å². The molecule has 0 saturated carbocycles. The van der Waals surface area contributed by atoms with Gasteiger partial charge in [-0.1, -0.05) is 53.5 Å². The van der Waals surface area contributed by atoms with Gasteiger partial charge in [0.25, 0.3) is 5.91 Å². The number of hydrogen-bond donors (Lipinski definition) is 0. The number of nitrogens with zero attached hydrogens (tertiary/aromatic N) is 1. The van der Waals surface area contributed by atoms with Crippen LogP contribution in [0, 0.1) is 0 Å². The molecule has 0 radical (unpaired) electrons. The summed E-state index contributed by atoms with van der Waals surface area (Å²) in [6.07, 6.45) is 0.123. The van der Waals surface area contributed by atoms with E-state index in [0.717, 1.165) is 5.56 Å². The molecule has 0 fully saturated rings. The fourth-order valence-electron chi connectivity index (χ4n) is 2.35. The Morgan fingerprint density at radius 2 is 1.80 bits per heavy atom. The zero-order chi connectivity index (χ0) is 18.2. The number of hydrogen-bond acceptors (Lipinski definition) is 3. The van der Waals surface area contributed by atoms with E-state index in [-0.39, 0.29) is 29.9 Å². The molecule has 0 saturated heterocycles. The third-order valence-electron chi connectivity index (χ3n) is 3.56. The number of carbonyl (C=O) groups is 2. The van der Waals surface area contributed by atoms with Gasteiger partial charge < -0.3 is 9.64 Å². The van der Waals surface area contributed by atoms with Crippen LogP contribution in [0.25, 0.3) is 0 Å². The molecule has 0 heterocycles. The van der Waals surface area contributed by atoms with Crippen LogP contribution in [0.4, 0.5) is 0 Å². The Hall–Kier alpha value is -2.04. The first-order valence-electron chi connectivity index (χ1n) is 7.95. The third kappa shape index (κ3) is 5.76. The molecule has 25 heavy (non-hydrogen) atoms. The maximum atomic E-state index is 12.9. The molecule has 0 spiro atoms. The normalized spacial score (nSPS) is 10.4. The first-order chi connectivity index (χ1) is 12.0. The fraction of sp³-hybridized carbons (Fsp3) is 0.263. The van der Waals surface area contributed by atoms with Crippen molar-refractivity contribution in [2.24, 2.45) is 0 Å². The summed E-state index contributed by atoms with van der Waals surface area (Å²) in [6.45, 7) is 2.68. The van der Waals surface area contributed by atoms with Gasteiger partial charge in [0.1, 0.15) is 0 Å². The van der Waals surface area contributed by atoms with Crippen LogP contribution in [0.5, 0.6) is 0 Å². The predicted molar refractivity (Wildman–Crippen MR) is 98.9 cm³/mol. The van der Waals surface area contributed by atoms with Gasteiger partial charge >= 0.3 is 5.97 Å². The van der Waals surface area contributed by atoms with Crippen LogP contribution in [0.2, 0.25) is 10.0 Å². The van der Waals surface area contributed by atoms with E-state index in [4.69, 9.17) is 27.9 Å². The highest BCUT2D eigenvalue weighted by atomic mass is 35.5. The van der Waals surface area contributed by atoms with E-state index < -0.39 is 0 Å². The maximum Gasteiger partial charge on any atom is 0.307 e. The quantitative estimate of drug-likeness (QED) is 0.660. The van der Waals surface area contributed by atoms with Gasteiger partial charge in [-0.25, -0.2) is 0 Å². The highest BCUT2D eigenvalue weighted by molar-refractivity contribution is 6.36. The minimum absolute atomic E-state index is 0.123. The van der Waals surface area contributed by atoms with Crippen molar-refractivity contribution in [1.29, 1.82) is 0 Å². The molecule has 4 nitrogen and oxygen atoms in total. The molecule has 6 heteroatoms. The lowest BCUT2D eigenvalue weighted by Crippen LogP contribution is -2.33. The second-order valence-corrected chi connectivity index (χ2v) is 6.24. The van der Waals surface area contributed by atoms with Crippen LogP contribution in [0.1, 0.15) is 29.3 Å². The van der Waals surface area contributed by atoms with E-state index in [1.54, 1.807) is 24.0 Å². The largest absolute Gasteiger partial charge is 0.466 e. The van der Waals surface area contributed by atoms with E-state index in [1.807, 2.05) is 30.3 Å². The van der Waals surface area contributed by atoms with Crippen LogP contribution < -0.4 is 0 Å². The van der Waals surface area contributed by atoms with Crippen LogP contribution >= 0.6 is 23.2 Å². The van der Waals surface area contributed by atoms with E-state index >= 15 is 0 Å². The monoisotopic (exact) mass is 379 g/mol.